The lowest BCUT2D eigenvalue weighted by atomic mass is 10.5. The molecule has 108 valence electrons. The molecule has 0 saturated heterocycles. The zero-order chi connectivity index (χ0) is 15.3. The van der Waals surface area contributed by atoms with Crippen LogP contribution in [-0.4, -0.2) is 52.5 Å². The normalized spacial score (nSPS) is 11.1. The SMILES string of the molecule is C#CCN(CC=C)C(=O)n1cnc(S(=O)(=O)C(C)C)n1. The van der Waals surface area contributed by atoms with E-state index in [4.69, 9.17) is 6.42 Å². The third-order valence-corrected chi connectivity index (χ3v) is 4.38. The number of nitrogens with zero attached hydrogens (tertiary/aromatic N) is 4. The first kappa shape index (κ1) is 15.9. The van der Waals surface area contributed by atoms with Gasteiger partial charge in [0.1, 0.15) is 6.33 Å². The van der Waals surface area contributed by atoms with Crippen molar-refractivity contribution in [3.8, 4) is 12.3 Å². The third-order valence-electron chi connectivity index (χ3n) is 2.44. The van der Waals surface area contributed by atoms with E-state index in [-0.39, 0.29) is 18.2 Å². The molecule has 0 N–H and O–H groups in total. The molecule has 0 aliphatic heterocycles. The molecule has 1 heterocycles. The highest BCUT2D eigenvalue weighted by Gasteiger charge is 2.25. The fourth-order valence-electron chi connectivity index (χ4n) is 1.30. The minimum atomic E-state index is -3.61. The Morgan fingerprint density at radius 3 is 2.80 bits per heavy atom. The van der Waals surface area contributed by atoms with Gasteiger partial charge in [-0.05, 0) is 13.8 Å². The Morgan fingerprint density at radius 2 is 2.30 bits per heavy atom. The monoisotopic (exact) mass is 296 g/mol. The summed E-state index contributed by atoms with van der Waals surface area (Å²) in [6.45, 7) is 6.85. The molecule has 0 bridgehead atoms. The molecule has 1 aromatic rings. The van der Waals surface area contributed by atoms with Crippen LogP contribution in [0.25, 0.3) is 0 Å². The lowest BCUT2D eigenvalue weighted by Crippen LogP contribution is -2.35. The number of hydrogen-bond donors (Lipinski definition) is 0. The van der Waals surface area contributed by atoms with Gasteiger partial charge in [0.05, 0.1) is 11.8 Å². The predicted molar refractivity (Wildman–Crippen MR) is 73.7 cm³/mol. The fourth-order valence-corrected chi connectivity index (χ4v) is 2.12. The standard InChI is InChI=1S/C12H16N4O3S/c1-5-7-15(8-6-2)12(17)16-9-13-11(14-16)20(18,19)10(3)4/h1,6,9-10H,2,7-8H2,3-4H3. The highest BCUT2D eigenvalue weighted by atomic mass is 32.2. The van der Waals surface area contributed by atoms with E-state index in [9.17, 15) is 13.2 Å². The van der Waals surface area contributed by atoms with Crippen molar-refractivity contribution in [1.82, 2.24) is 19.7 Å². The summed E-state index contributed by atoms with van der Waals surface area (Å²) >= 11 is 0. The number of carbonyl (C=O) groups is 1. The van der Waals surface area contributed by atoms with Crippen LogP contribution in [0, 0.1) is 12.3 Å². The van der Waals surface area contributed by atoms with E-state index in [1.807, 2.05) is 0 Å². The summed E-state index contributed by atoms with van der Waals surface area (Å²) in [6, 6.07) is -0.555. The number of rotatable bonds is 5. The number of hydrogen-bond acceptors (Lipinski definition) is 5. The summed E-state index contributed by atoms with van der Waals surface area (Å²) in [5.74, 6) is 2.34. The zero-order valence-corrected chi connectivity index (χ0v) is 12.2. The highest BCUT2D eigenvalue weighted by molar-refractivity contribution is 7.91. The average Bonchev–Trinajstić information content (AvgIpc) is 2.87. The summed E-state index contributed by atoms with van der Waals surface area (Å²) in [4.78, 5) is 17.0. The predicted octanol–water partition coefficient (Wildman–Crippen LogP) is 0.550. The summed E-state index contributed by atoms with van der Waals surface area (Å²) in [5.41, 5.74) is 0. The first-order chi connectivity index (χ1) is 9.34. The van der Waals surface area contributed by atoms with E-state index >= 15 is 0 Å². The zero-order valence-electron chi connectivity index (χ0n) is 11.4. The molecule has 0 aliphatic rings. The molecular weight excluding hydrogens is 280 g/mol. The van der Waals surface area contributed by atoms with Crippen molar-refractivity contribution >= 4 is 15.9 Å². The van der Waals surface area contributed by atoms with Gasteiger partial charge in [0.15, 0.2) is 0 Å². The third kappa shape index (κ3) is 3.24. The summed E-state index contributed by atoms with van der Waals surface area (Å²) < 4.78 is 24.6. The van der Waals surface area contributed by atoms with Crippen LogP contribution in [0.15, 0.2) is 24.1 Å². The molecule has 0 aromatic carbocycles. The van der Waals surface area contributed by atoms with E-state index in [0.29, 0.717) is 0 Å². The van der Waals surface area contributed by atoms with Gasteiger partial charge >= 0.3 is 6.03 Å². The summed E-state index contributed by atoms with van der Waals surface area (Å²) in [5, 5.41) is 2.67. The van der Waals surface area contributed by atoms with E-state index in [1.54, 1.807) is 0 Å². The van der Waals surface area contributed by atoms with Gasteiger partial charge in [-0.3, -0.25) is 0 Å². The van der Waals surface area contributed by atoms with Gasteiger partial charge < -0.3 is 4.90 Å². The molecule has 0 fully saturated rings. The van der Waals surface area contributed by atoms with Crippen LogP contribution < -0.4 is 0 Å². The maximum Gasteiger partial charge on any atom is 0.347 e. The number of amides is 1. The number of sulfone groups is 1. The Balaban J connectivity index is 3.05. The van der Waals surface area contributed by atoms with Gasteiger partial charge in [-0.15, -0.1) is 18.1 Å². The quantitative estimate of drug-likeness (QED) is 0.585. The topological polar surface area (TPSA) is 85.2 Å². The first-order valence-corrected chi connectivity index (χ1v) is 7.38. The Kier molecular flexibility index (Phi) is 5.05. The van der Waals surface area contributed by atoms with Crippen LogP contribution in [0.4, 0.5) is 4.79 Å². The Labute approximate surface area is 118 Å². The molecule has 0 unspecified atom stereocenters. The van der Waals surface area contributed by atoms with Gasteiger partial charge in [-0.1, -0.05) is 12.0 Å². The van der Waals surface area contributed by atoms with Crippen molar-refractivity contribution in [1.29, 1.82) is 0 Å². The smallest absolute Gasteiger partial charge is 0.308 e. The second kappa shape index (κ2) is 6.34. The van der Waals surface area contributed by atoms with Crippen LogP contribution in [0.1, 0.15) is 13.8 Å². The molecule has 1 aromatic heterocycles. The van der Waals surface area contributed by atoms with E-state index in [1.165, 1.54) is 24.8 Å². The van der Waals surface area contributed by atoms with Crippen LogP contribution >= 0.6 is 0 Å². The average molecular weight is 296 g/mol. The molecule has 0 radical (unpaired) electrons. The Hall–Kier alpha value is -2.14. The number of aromatic nitrogens is 3. The van der Waals surface area contributed by atoms with Gasteiger partial charge in [0.2, 0.25) is 9.84 Å². The second-order valence-electron chi connectivity index (χ2n) is 4.22. The molecule has 1 rings (SSSR count). The largest absolute Gasteiger partial charge is 0.347 e. The lowest BCUT2D eigenvalue weighted by molar-refractivity contribution is 0.207. The van der Waals surface area contributed by atoms with Crippen molar-refractivity contribution in [2.75, 3.05) is 13.1 Å². The van der Waals surface area contributed by atoms with Gasteiger partial charge in [-0.25, -0.2) is 18.2 Å². The maximum absolute atomic E-state index is 12.1. The lowest BCUT2D eigenvalue weighted by Gasteiger charge is -2.16. The van der Waals surface area contributed by atoms with E-state index in [0.717, 1.165) is 11.0 Å². The van der Waals surface area contributed by atoms with Crippen molar-refractivity contribution in [3.05, 3.63) is 19.0 Å². The maximum atomic E-state index is 12.1. The van der Waals surface area contributed by atoms with Crippen LogP contribution in [0.5, 0.6) is 0 Å². The van der Waals surface area contributed by atoms with Gasteiger partial charge in [0.25, 0.3) is 5.16 Å². The van der Waals surface area contributed by atoms with E-state index < -0.39 is 21.1 Å². The highest BCUT2D eigenvalue weighted by Crippen LogP contribution is 2.10. The molecule has 0 atom stereocenters. The Morgan fingerprint density at radius 1 is 1.65 bits per heavy atom. The Bertz CT molecular complexity index is 640. The van der Waals surface area contributed by atoms with Crippen molar-refractivity contribution in [3.63, 3.8) is 0 Å². The van der Waals surface area contributed by atoms with Crippen molar-refractivity contribution in [2.24, 2.45) is 0 Å². The van der Waals surface area contributed by atoms with Crippen LogP contribution in [-0.2, 0) is 9.84 Å². The molecule has 20 heavy (non-hydrogen) atoms. The van der Waals surface area contributed by atoms with Gasteiger partial charge in [0, 0.05) is 6.54 Å². The fraction of sp³-hybridized carbons (Fsp3) is 0.417. The molecule has 8 heteroatoms. The minimum absolute atomic E-state index is 0.0664. The van der Waals surface area contributed by atoms with Crippen molar-refractivity contribution < 1.29 is 13.2 Å². The summed E-state index contributed by atoms with van der Waals surface area (Å²) in [6.07, 6.45) is 7.74. The van der Waals surface area contributed by atoms with Gasteiger partial charge in [-0.2, -0.15) is 4.68 Å². The molecule has 7 nitrogen and oxygen atoms in total. The second-order valence-corrected chi connectivity index (χ2v) is 6.62. The van der Waals surface area contributed by atoms with Crippen molar-refractivity contribution in [2.45, 2.75) is 24.3 Å². The molecule has 0 aliphatic carbocycles. The number of carbonyl (C=O) groups excluding carboxylic acids is 1. The number of terminal acetylenes is 1. The van der Waals surface area contributed by atoms with Crippen LogP contribution in [0.3, 0.4) is 0 Å². The molecule has 1 amide bonds. The molecular formula is C12H16N4O3S. The van der Waals surface area contributed by atoms with Crippen LogP contribution in [0.2, 0.25) is 0 Å². The minimum Gasteiger partial charge on any atom is -0.308 e. The summed E-state index contributed by atoms with van der Waals surface area (Å²) in [7, 11) is -3.61. The first-order valence-electron chi connectivity index (χ1n) is 5.83. The molecule has 0 spiro atoms. The van der Waals surface area contributed by atoms with E-state index in [2.05, 4.69) is 22.6 Å². The molecule has 0 saturated carbocycles.